The summed E-state index contributed by atoms with van der Waals surface area (Å²) in [5.74, 6) is -1.41. The number of hydrogen-bond donors (Lipinski definition) is 1. The van der Waals surface area contributed by atoms with Gasteiger partial charge in [-0.15, -0.1) is 0 Å². The van der Waals surface area contributed by atoms with Crippen molar-refractivity contribution in [3.05, 3.63) is 0 Å². The van der Waals surface area contributed by atoms with Crippen LogP contribution in [0, 0.1) is 5.92 Å². The maximum atomic E-state index is 12.8. The van der Waals surface area contributed by atoms with E-state index >= 15 is 0 Å². The predicted molar refractivity (Wildman–Crippen MR) is 36.3 cm³/mol. The van der Waals surface area contributed by atoms with Crippen LogP contribution in [0.3, 0.4) is 0 Å². The van der Waals surface area contributed by atoms with Crippen molar-refractivity contribution < 1.29 is 13.6 Å². The lowest BCUT2D eigenvalue weighted by atomic mass is 9.86. The first-order valence-corrected chi connectivity index (χ1v) is 3.68. The summed E-state index contributed by atoms with van der Waals surface area (Å²) >= 11 is 0. The Labute approximate surface area is 63.8 Å². The summed E-state index contributed by atoms with van der Waals surface area (Å²) in [5.41, 5.74) is 4.90. The highest BCUT2D eigenvalue weighted by Crippen LogP contribution is 2.28. The first kappa shape index (κ1) is 8.43. The van der Waals surface area contributed by atoms with Crippen molar-refractivity contribution in [3.8, 4) is 0 Å². The number of halogens is 2. The number of rotatable bonds is 1. The summed E-state index contributed by atoms with van der Waals surface area (Å²) in [4.78, 5) is 10.5. The summed E-state index contributed by atoms with van der Waals surface area (Å²) < 4.78 is 25.3. The van der Waals surface area contributed by atoms with Crippen LogP contribution in [-0.4, -0.2) is 18.3 Å². The standard InChI is InChI=1S/C7H11F2NO/c8-4-1-2-5(7(10)11)6(9)3-4/h4-6H,1-3H2,(H2,10,11). The Morgan fingerprint density at radius 3 is 2.45 bits per heavy atom. The molecule has 1 fully saturated rings. The van der Waals surface area contributed by atoms with E-state index in [-0.39, 0.29) is 19.3 Å². The molecule has 0 heterocycles. The van der Waals surface area contributed by atoms with E-state index in [4.69, 9.17) is 5.73 Å². The van der Waals surface area contributed by atoms with Crippen LogP contribution in [0.4, 0.5) is 8.78 Å². The molecule has 1 rings (SSSR count). The largest absolute Gasteiger partial charge is 0.369 e. The lowest BCUT2D eigenvalue weighted by molar-refractivity contribution is -0.125. The summed E-state index contributed by atoms with van der Waals surface area (Å²) in [6.07, 6.45) is -2.14. The molecule has 0 saturated heterocycles. The SMILES string of the molecule is NC(=O)C1CCC(F)CC1F. The van der Waals surface area contributed by atoms with Crippen molar-refractivity contribution in [2.24, 2.45) is 11.7 Å². The summed E-state index contributed by atoms with van der Waals surface area (Å²) in [7, 11) is 0. The van der Waals surface area contributed by atoms with Gasteiger partial charge in [0.25, 0.3) is 0 Å². The number of amides is 1. The third-order valence-corrected chi connectivity index (χ3v) is 2.07. The molecule has 1 aliphatic rings. The molecule has 0 aliphatic heterocycles. The molecule has 0 aromatic rings. The van der Waals surface area contributed by atoms with Crippen molar-refractivity contribution in [2.75, 3.05) is 0 Å². The van der Waals surface area contributed by atoms with Crippen LogP contribution in [0.25, 0.3) is 0 Å². The monoisotopic (exact) mass is 163 g/mol. The van der Waals surface area contributed by atoms with Crippen LogP contribution < -0.4 is 5.73 Å². The van der Waals surface area contributed by atoms with Crippen molar-refractivity contribution >= 4 is 5.91 Å². The maximum Gasteiger partial charge on any atom is 0.223 e. The van der Waals surface area contributed by atoms with E-state index in [1.54, 1.807) is 0 Å². The van der Waals surface area contributed by atoms with Crippen molar-refractivity contribution in [1.29, 1.82) is 0 Å². The molecule has 0 aromatic carbocycles. The highest BCUT2D eigenvalue weighted by atomic mass is 19.1. The fourth-order valence-corrected chi connectivity index (χ4v) is 1.39. The van der Waals surface area contributed by atoms with Crippen LogP contribution in [0.2, 0.25) is 0 Å². The van der Waals surface area contributed by atoms with Crippen LogP contribution in [-0.2, 0) is 4.79 Å². The Hall–Kier alpha value is -0.670. The van der Waals surface area contributed by atoms with Gasteiger partial charge in [-0.05, 0) is 12.8 Å². The predicted octanol–water partition coefficient (Wildman–Crippen LogP) is 0.948. The molecule has 0 aromatic heterocycles. The zero-order valence-electron chi connectivity index (χ0n) is 6.09. The highest BCUT2D eigenvalue weighted by Gasteiger charge is 2.33. The second-order valence-electron chi connectivity index (χ2n) is 2.94. The summed E-state index contributed by atoms with van der Waals surface area (Å²) in [6.45, 7) is 0. The number of hydrogen-bond acceptors (Lipinski definition) is 1. The molecular formula is C7H11F2NO. The minimum atomic E-state index is -1.38. The quantitative estimate of drug-likeness (QED) is 0.614. The van der Waals surface area contributed by atoms with E-state index in [1.807, 2.05) is 0 Å². The molecule has 11 heavy (non-hydrogen) atoms. The Morgan fingerprint density at radius 2 is 2.00 bits per heavy atom. The van der Waals surface area contributed by atoms with Gasteiger partial charge in [0.15, 0.2) is 0 Å². The summed E-state index contributed by atoms with van der Waals surface area (Å²) in [5, 5.41) is 0. The molecule has 4 heteroatoms. The number of alkyl halides is 2. The van der Waals surface area contributed by atoms with Gasteiger partial charge in [0.2, 0.25) is 5.91 Å². The van der Waals surface area contributed by atoms with Crippen molar-refractivity contribution in [2.45, 2.75) is 31.6 Å². The van der Waals surface area contributed by atoms with E-state index in [2.05, 4.69) is 0 Å². The topological polar surface area (TPSA) is 43.1 Å². The smallest absolute Gasteiger partial charge is 0.223 e. The van der Waals surface area contributed by atoms with Crippen molar-refractivity contribution in [3.63, 3.8) is 0 Å². The van der Waals surface area contributed by atoms with Gasteiger partial charge in [-0.3, -0.25) is 4.79 Å². The third-order valence-electron chi connectivity index (χ3n) is 2.07. The van der Waals surface area contributed by atoms with Gasteiger partial charge >= 0.3 is 0 Å². The van der Waals surface area contributed by atoms with Gasteiger partial charge < -0.3 is 5.73 Å². The number of primary amides is 1. The van der Waals surface area contributed by atoms with E-state index in [9.17, 15) is 13.6 Å². The zero-order chi connectivity index (χ0) is 8.43. The Morgan fingerprint density at radius 1 is 1.36 bits per heavy atom. The first-order chi connectivity index (χ1) is 5.11. The zero-order valence-corrected chi connectivity index (χ0v) is 6.09. The lowest BCUT2D eigenvalue weighted by Gasteiger charge is -2.25. The Bertz CT molecular complexity index is 163. The Kier molecular flexibility index (Phi) is 2.42. The molecule has 1 amide bonds. The normalized spacial score (nSPS) is 38.5. The Balaban J connectivity index is 2.50. The molecule has 2 nitrogen and oxygen atoms in total. The summed E-state index contributed by atoms with van der Waals surface area (Å²) in [6, 6.07) is 0. The molecule has 1 aliphatic carbocycles. The highest BCUT2D eigenvalue weighted by molar-refractivity contribution is 5.77. The molecule has 3 atom stereocenters. The van der Waals surface area contributed by atoms with Crippen molar-refractivity contribution in [1.82, 2.24) is 0 Å². The van der Waals surface area contributed by atoms with E-state index < -0.39 is 24.2 Å². The molecule has 2 N–H and O–H groups in total. The minimum Gasteiger partial charge on any atom is -0.369 e. The van der Waals surface area contributed by atoms with Gasteiger partial charge in [-0.1, -0.05) is 0 Å². The number of nitrogens with two attached hydrogens (primary N) is 1. The molecule has 64 valence electrons. The second-order valence-corrected chi connectivity index (χ2v) is 2.94. The molecule has 0 bridgehead atoms. The van der Waals surface area contributed by atoms with Crippen LogP contribution in [0.15, 0.2) is 0 Å². The first-order valence-electron chi connectivity index (χ1n) is 3.68. The van der Waals surface area contributed by atoms with Crippen LogP contribution in [0.5, 0.6) is 0 Å². The second kappa shape index (κ2) is 3.15. The average molecular weight is 163 g/mol. The van der Waals surface area contributed by atoms with Gasteiger partial charge in [0.05, 0.1) is 5.92 Å². The van der Waals surface area contributed by atoms with Gasteiger partial charge in [0, 0.05) is 6.42 Å². The fraction of sp³-hybridized carbons (Fsp3) is 0.857. The molecular weight excluding hydrogens is 152 g/mol. The third kappa shape index (κ3) is 1.88. The van der Waals surface area contributed by atoms with Gasteiger partial charge in [-0.25, -0.2) is 8.78 Å². The van der Waals surface area contributed by atoms with E-state index in [1.165, 1.54) is 0 Å². The fourth-order valence-electron chi connectivity index (χ4n) is 1.39. The van der Waals surface area contributed by atoms with Crippen LogP contribution >= 0.6 is 0 Å². The lowest BCUT2D eigenvalue weighted by Crippen LogP contribution is -2.36. The number of carbonyl (C=O) groups is 1. The molecule has 3 unspecified atom stereocenters. The maximum absolute atomic E-state index is 12.8. The van der Waals surface area contributed by atoms with Gasteiger partial charge in [0.1, 0.15) is 12.3 Å². The van der Waals surface area contributed by atoms with E-state index in [0.29, 0.717) is 0 Å². The van der Waals surface area contributed by atoms with E-state index in [0.717, 1.165) is 0 Å². The number of carbonyl (C=O) groups excluding carboxylic acids is 1. The molecule has 0 spiro atoms. The minimum absolute atomic E-state index is 0.173. The van der Waals surface area contributed by atoms with Gasteiger partial charge in [-0.2, -0.15) is 0 Å². The van der Waals surface area contributed by atoms with Crippen LogP contribution in [0.1, 0.15) is 19.3 Å². The molecule has 1 saturated carbocycles. The molecule has 0 radical (unpaired) electrons. The average Bonchev–Trinajstić information content (AvgIpc) is 1.85.